The smallest absolute Gasteiger partial charge is 0.251 e. The van der Waals surface area contributed by atoms with E-state index >= 15 is 0 Å². The number of imidazole rings is 1. The number of H-pyrrole nitrogens is 1. The molecule has 104 valence electrons. The number of nitrogens with zero attached hydrogens (tertiary/aromatic N) is 3. The number of rotatable bonds is 3. The maximum atomic E-state index is 11.2. The maximum absolute atomic E-state index is 11.2. The van der Waals surface area contributed by atoms with E-state index in [-0.39, 0.29) is 30.1 Å². The van der Waals surface area contributed by atoms with Gasteiger partial charge in [0.2, 0.25) is 0 Å². The third-order valence-electron chi connectivity index (χ3n) is 2.96. The van der Waals surface area contributed by atoms with Crippen LogP contribution in [0.1, 0.15) is 12.6 Å². The van der Waals surface area contributed by atoms with Gasteiger partial charge in [-0.1, -0.05) is 0 Å². The van der Waals surface area contributed by atoms with Crippen molar-refractivity contribution < 1.29 is 14.9 Å². The van der Waals surface area contributed by atoms with Crippen LogP contribution in [0.3, 0.4) is 0 Å². The first-order valence-corrected chi connectivity index (χ1v) is 5.95. The predicted octanol–water partition coefficient (Wildman–Crippen LogP) is 0.314. The number of aromatic amines is 1. The molecule has 0 spiro atoms. The van der Waals surface area contributed by atoms with Crippen LogP contribution in [0.15, 0.2) is 41.1 Å². The summed E-state index contributed by atoms with van der Waals surface area (Å²) in [4.78, 5) is 22.0. The summed E-state index contributed by atoms with van der Waals surface area (Å²) in [6.45, 7) is -0.350. The zero-order valence-electron chi connectivity index (χ0n) is 10.4. The molecule has 8 heteroatoms. The summed E-state index contributed by atoms with van der Waals surface area (Å²) in [5, 5.41) is 18.6. The van der Waals surface area contributed by atoms with Gasteiger partial charge in [0.15, 0.2) is 17.8 Å². The molecule has 0 radical (unpaired) electrons. The van der Waals surface area contributed by atoms with Crippen LogP contribution in [-0.2, 0) is 4.74 Å². The monoisotopic (exact) mass is 276 g/mol. The second-order valence-electron chi connectivity index (χ2n) is 4.29. The molecule has 0 saturated heterocycles. The molecule has 0 saturated carbocycles. The SMILES string of the molecule is O=c1ccnc(-c2cn([C@H]3CC(O)=C(CO)O3)cn2)[nH]1. The van der Waals surface area contributed by atoms with Crippen LogP contribution in [-0.4, -0.2) is 36.3 Å². The van der Waals surface area contributed by atoms with Gasteiger partial charge in [-0.3, -0.25) is 9.36 Å². The number of aliphatic hydroxyl groups is 2. The van der Waals surface area contributed by atoms with E-state index in [0.29, 0.717) is 11.5 Å². The molecule has 0 aromatic carbocycles. The lowest BCUT2D eigenvalue weighted by molar-refractivity contribution is 0.0630. The summed E-state index contributed by atoms with van der Waals surface area (Å²) in [5.41, 5.74) is 0.229. The first kappa shape index (κ1) is 12.4. The minimum Gasteiger partial charge on any atom is -0.508 e. The molecular formula is C12H12N4O4. The van der Waals surface area contributed by atoms with E-state index in [1.165, 1.54) is 18.6 Å². The fourth-order valence-corrected chi connectivity index (χ4v) is 1.96. The Morgan fingerprint density at radius 3 is 3.05 bits per heavy atom. The molecule has 0 bridgehead atoms. The normalized spacial score (nSPS) is 18.4. The van der Waals surface area contributed by atoms with Crippen molar-refractivity contribution in [2.75, 3.05) is 6.61 Å². The third-order valence-corrected chi connectivity index (χ3v) is 2.96. The quantitative estimate of drug-likeness (QED) is 0.743. The molecule has 0 unspecified atom stereocenters. The highest BCUT2D eigenvalue weighted by Crippen LogP contribution is 2.30. The first-order valence-electron chi connectivity index (χ1n) is 5.95. The Hall–Kier alpha value is -2.61. The lowest BCUT2D eigenvalue weighted by Crippen LogP contribution is -2.07. The fourth-order valence-electron chi connectivity index (χ4n) is 1.96. The molecule has 1 atom stereocenters. The molecule has 2 aromatic heterocycles. The Kier molecular flexibility index (Phi) is 2.99. The summed E-state index contributed by atoms with van der Waals surface area (Å²) in [6.07, 6.45) is 4.35. The van der Waals surface area contributed by atoms with Gasteiger partial charge in [0.25, 0.3) is 5.56 Å². The number of hydrogen-bond acceptors (Lipinski definition) is 6. The average molecular weight is 276 g/mol. The third kappa shape index (κ3) is 2.16. The number of hydrogen-bond donors (Lipinski definition) is 3. The molecule has 3 rings (SSSR count). The van der Waals surface area contributed by atoms with Crippen LogP contribution >= 0.6 is 0 Å². The molecule has 1 aliphatic rings. The van der Waals surface area contributed by atoms with Crippen molar-refractivity contribution in [3.8, 4) is 11.5 Å². The van der Waals surface area contributed by atoms with Crippen molar-refractivity contribution in [3.05, 3.63) is 46.7 Å². The fraction of sp³-hybridized carbons (Fsp3) is 0.250. The lowest BCUT2D eigenvalue weighted by atomic mass is 10.3. The Morgan fingerprint density at radius 2 is 2.35 bits per heavy atom. The van der Waals surface area contributed by atoms with E-state index in [2.05, 4.69) is 15.0 Å². The summed E-state index contributed by atoms with van der Waals surface area (Å²) >= 11 is 0. The van der Waals surface area contributed by atoms with Gasteiger partial charge in [0.1, 0.15) is 18.1 Å². The second kappa shape index (κ2) is 4.82. The van der Waals surface area contributed by atoms with Gasteiger partial charge < -0.3 is 19.9 Å². The van der Waals surface area contributed by atoms with E-state index in [9.17, 15) is 9.90 Å². The van der Waals surface area contributed by atoms with Crippen LogP contribution < -0.4 is 5.56 Å². The summed E-state index contributed by atoms with van der Waals surface area (Å²) in [6, 6.07) is 1.32. The van der Waals surface area contributed by atoms with Gasteiger partial charge in [-0.05, 0) is 0 Å². The minimum atomic E-state index is -0.464. The van der Waals surface area contributed by atoms with Crippen LogP contribution in [0.25, 0.3) is 11.5 Å². The molecule has 0 amide bonds. The molecule has 2 aromatic rings. The highest BCUT2D eigenvalue weighted by molar-refractivity contribution is 5.46. The molecule has 3 N–H and O–H groups in total. The highest BCUT2D eigenvalue weighted by Gasteiger charge is 2.26. The van der Waals surface area contributed by atoms with Crippen LogP contribution in [0.5, 0.6) is 0 Å². The van der Waals surface area contributed by atoms with Crippen molar-refractivity contribution in [1.82, 2.24) is 19.5 Å². The number of ether oxygens (including phenoxy) is 1. The number of aliphatic hydroxyl groups excluding tert-OH is 2. The van der Waals surface area contributed by atoms with E-state index < -0.39 is 6.23 Å². The van der Waals surface area contributed by atoms with Gasteiger partial charge >= 0.3 is 0 Å². The largest absolute Gasteiger partial charge is 0.508 e. The van der Waals surface area contributed by atoms with Gasteiger partial charge in [0.05, 0.1) is 12.7 Å². The average Bonchev–Trinajstić information content (AvgIpc) is 3.05. The Bertz CT molecular complexity index is 718. The molecular weight excluding hydrogens is 264 g/mol. The van der Waals surface area contributed by atoms with Crippen molar-refractivity contribution in [3.63, 3.8) is 0 Å². The first-order chi connectivity index (χ1) is 9.67. The van der Waals surface area contributed by atoms with Gasteiger partial charge in [-0.2, -0.15) is 0 Å². The van der Waals surface area contributed by atoms with E-state index in [1.54, 1.807) is 10.8 Å². The zero-order chi connectivity index (χ0) is 14.1. The lowest BCUT2D eigenvalue weighted by Gasteiger charge is -2.12. The topological polar surface area (TPSA) is 113 Å². The van der Waals surface area contributed by atoms with Crippen LogP contribution in [0.4, 0.5) is 0 Å². The van der Waals surface area contributed by atoms with Crippen molar-refractivity contribution in [1.29, 1.82) is 0 Å². The van der Waals surface area contributed by atoms with E-state index in [4.69, 9.17) is 9.84 Å². The Labute approximate surface area is 113 Å². The highest BCUT2D eigenvalue weighted by atomic mass is 16.5. The van der Waals surface area contributed by atoms with Crippen molar-refractivity contribution in [2.45, 2.75) is 12.6 Å². The van der Waals surface area contributed by atoms with Crippen LogP contribution in [0, 0.1) is 0 Å². The van der Waals surface area contributed by atoms with Crippen molar-refractivity contribution in [2.24, 2.45) is 0 Å². The molecule has 8 nitrogen and oxygen atoms in total. The van der Waals surface area contributed by atoms with E-state index in [1.807, 2.05) is 0 Å². The zero-order valence-corrected chi connectivity index (χ0v) is 10.4. The Balaban J connectivity index is 1.84. The summed E-state index contributed by atoms with van der Waals surface area (Å²) < 4.78 is 7.03. The van der Waals surface area contributed by atoms with Gasteiger partial charge in [-0.25, -0.2) is 9.97 Å². The Morgan fingerprint density at radius 1 is 1.50 bits per heavy atom. The van der Waals surface area contributed by atoms with E-state index in [0.717, 1.165) is 0 Å². The molecule has 0 aliphatic carbocycles. The molecule has 1 aliphatic heterocycles. The van der Waals surface area contributed by atoms with Crippen LogP contribution in [0.2, 0.25) is 0 Å². The summed E-state index contributed by atoms with van der Waals surface area (Å²) in [5.74, 6) is 0.546. The van der Waals surface area contributed by atoms with Crippen molar-refractivity contribution >= 4 is 0 Å². The molecule has 3 heterocycles. The molecule has 0 fully saturated rings. The maximum Gasteiger partial charge on any atom is 0.251 e. The molecule has 20 heavy (non-hydrogen) atoms. The predicted molar refractivity (Wildman–Crippen MR) is 67.6 cm³/mol. The number of aromatic nitrogens is 4. The standard InChI is InChI=1S/C12H12N4O4/c17-5-9-8(18)3-11(20-9)16-4-7(14-6-16)12-13-2-1-10(19)15-12/h1-2,4,6,11,17-18H,3,5H2,(H,13,15,19)/t11-/m1/s1. The minimum absolute atomic E-state index is 0.0268. The van der Waals surface area contributed by atoms with Gasteiger partial charge in [-0.15, -0.1) is 0 Å². The second-order valence-corrected chi connectivity index (χ2v) is 4.29. The number of nitrogens with one attached hydrogen (secondary N) is 1. The van der Waals surface area contributed by atoms with Gasteiger partial charge in [0, 0.05) is 18.5 Å². The summed E-state index contributed by atoms with van der Waals surface area (Å²) in [7, 11) is 0.